The Hall–Kier alpha value is -4.10. The van der Waals surface area contributed by atoms with Crippen LogP contribution in [0.2, 0.25) is 0 Å². The quantitative estimate of drug-likeness (QED) is 0.287. The molecule has 3 aromatic rings. The molecule has 1 aliphatic rings. The molecule has 1 fully saturated rings. The second-order valence-corrected chi connectivity index (χ2v) is 8.32. The molecule has 35 heavy (non-hydrogen) atoms. The van der Waals surface area contributed by atoms with E-state index in [-0.39, 0.29) is 30.2 Å². The first-order chi connectivity index (χ1) is 16.9. The maximum Gasteiger partial charge on any atom is 0.295 e. The molecule has 7 nitrogen and oxygen atoms in total. The van der Waals surface area contributed by atoms with Crippen LogP contribution in [0.3, 0.4) is 0 Å². The van der Waals surface area contributed by atoms with Crippen LogP contribution in [0.5, 0.6) is 11.5 Å². The molecule has 0 aliphatic carbocycles. The number of aryl methyl sites for hydroxylation is 1. The van der Waals surface area contributed by atoms with Crippen molar-refractivity contribution in [1.29, 1.82) is 0 Å². The van der Waals surface area contributed by atoms with Crippen LogP contribution < -0.4 is 4.74 Å². The lowest BCUT2D eigenvalue weighted by Crippen LogP contribution is -2.32. The fourth-order valence-electron chi connectivity index (χ4n) is 4.14. The van der Waals surface area contributed by atoms with Crippen molar-refractivity contribution in [2.45, 2.75) is 19.6 Å². The molecular formula is C28H27NO6. The standard InChI is InChI=1S/C28H27NO6/c1-18-6-3-4-7-21(18)17-35-23-12-10-19(11-13-23)26(31)24-25(20-8-5-9-22(30)16-20)29(14-15-34-2)28(33)27(24)32/h3-13,16,25,30-31H,14-15,17H2,1-2H3. The number of likely N-dealkylation sites (tertiary alicyclic amines) is 1. The van der Waals surface area contributed by atoms with Crippen LogP contribution in [-0.2, 0) is 20.9 Å². The molecule has 4 rings (SSSR count). The number of hydrogen-bond acceptors (Lipinski definition) is 6. The Labute approximate surface area is 203 Å². The van der Waals surface area contributed by atoms with Crippen LogP contribution in [0, 0.1) is 6.92 Å². The summed E-state index contributed by atoms with van der Waals surface area (Å²) in [5, 5.41) is 21.1. The molecular weight excluding hydrogens is 446 g/mol. The molecule has 7 heteroatoms. The van der Waals surface area contributed by atoms with Gasteiger partial charge in [-0.3, -0.25) is 9.59 Å². The Morgan fingerprint density at radius 2 is 1.74 bits per heavy atom. The molecule has 0 aromatic heterocycles. The lowest BCUT2D eigenvalue weighted by molar-refractivity contribution is -0.140. The van der Waals surface area contributed by atoms with Gasteiger partial charge in [0.2, 0.25) is 0 Å². The number of aromatic hydroxyl groups is 1. The number of hydrogen-bond donors (Lipinski definition) is 2. The fourth-order valence-corrected chi connectivity index (χ4v) is 4.14. The van der Waals surface area contributed by atoms with E-state index in [1.165, 1.54) is 24.1 Å². The summed E-state index contributed by atoms with van der Waals surface area (Å²) < 4.78 is 11.0. The van der Waals surface area contributed by atoms with Crippen molar-refractivity contribution < 1.29 is 29.3 Å². The first-order valence-corrected chi connectivity index (χ1v) is 11.2. The molecule has 1 heterocycles. The number of carbonyl (C=O) groups excluding carboxylic acids is 2. The van der Waals surface area contributed by atoms with E-state index in [0.29, 0.717) is 23.5 Å². The van der Waals surface area contributed by atoms with Gasteiger partial charge in [-0.1, -0.05) is 36.4 Å². The Kier molecular flexibility index (Phi) is 7.17. The minimum absolute atomic E-state index is 0.00464. The fraction of sp³-hybridized carbons (Fsp3) is 0.214. The van der Waals surface area contributed by atoms with Crippen molar-refractivity contribution in [2.24, 2.45) is 0 Å². The van der Waals surface area contributed by atoms with E-state index in [2.05, 4.69) is 0 Å². The van der Waals surface area contributed by atoms with Crippen LogP contribution in [0.4, 0.5) is 0 Å². The van der Waals surface area contributed by atoms with Crippen molar-refractivity contribution in [2.75, 3.05) is 20.3 Å². The predicted molar refractivity (Wildman–Crippen MR) is 131 cm³/mol. The van der Waals surface area contributed by atoms with Crippen LogP contribution >= 0.6 is 0 Å². The first kappa shape index (κ1) is 24.0. The van der Waals surface area contributed by atoms with Crippen LogP contribution in [0.1, 0.15) is 28.3 Å². The molecule has 0 saturated carbocycles. The molecule has 180 valence electrons. The van der Waals surface area contributed by atoms with Gasteiger partial charge in [0.05, 0.1) is 18.2 Å². The molecule has 1 unspecified atom stereocenters. The summed E-state index contributed by atoms with van der Waals surface area (Å²) in [5.74, 6) is -1.20. The van der Waals surface area contributed by atoms with Gasteiger partial charge in [-0.2, -0.15) is 0 Å². The normalized spacial score (nSPS) is 17.1. The smallest absolute Gasteiger partial charge is 0.295 e. The van der Waals surface area contributed by atoms with Gasteiger partial charge in [0.1, 0.15) is 23.9 Å². The third-order valence-electron chi connectivity index (χ3n) is 6.05. The number of phenols is 1. The summed E-state index contributed by atoms with van der Waals surface area (Å²) in [6.45, 7) is 2.80. The molecule has 0 spiro atoms. The van der Waals surface area contributed by atoms with Gasteiger partial charge in [0, 0.05) is 19.2 Å². The number of ether oxygens (including phenoxy) is 2. The Bertz CT molecular complexity index is 1260. The van der Waals surface area contributed by atoms with Crippen molar-refractivity contribution in [3.63, 3.8) is 0 Å². The summed E-state index contributed by atoms with van der Waals surface area (Å²) in [6, 6.07) is 20.1. The number of aliphatic hydroxyl groups excluding tert-OH is 1. The Morgan fingerprint density at radius 1 is 1.00 bits per heavy atom. The topological polar surface area (TPSA) is 96.3 Å². The highest BCUT2D eigenvalue weighted by Crippen LogP contribution is 2.40. The van der Waals surface area contributed by atoms with Gasteiger partial charge >= 0.3 is 0 Å². The van der Waals surface area contributed by atoms with Crippen molar-refractivity contribution in [3.8, 4) is 11.5 Å². The number of aliphatic hydroxyl groups is 1. The van der Waals surface area contributed by atoms with E-state index in [1.807, 2.05) is 31.2 Å². The minimum atomic E-state index is -0.853. The molecule has 0 radical (unpaired) electrons. The molecule has 1 amide bonds. The number of rotatable bonds is 8. The second kappa shape index (κ2) is 10.4. The Balaban J connectivity index is 1.65. The number of nitrogens with zero attached hydrogens (tertiary/aromatic N) is 1. The van der Waals surface area contributed by atoms with Gasteiger partial charge < -0.3 is 24.6 Å². The average molecular weight is 474 g/mol. The highest BCUT2D eigenvalue weighted by Gasteiger charge is 2.45. The van der Waals surface area contributed by atoms with Crippen molar-refractivity contribution in [1.82, 2.24) is 4.90 Å². The summed E-state index contributed by atoms with van der Waals surface area (Å²) in [7, 11) is 1.50. The Morgan fingerprint density at radius 3 is 2.43 bits per heavy atom. The first-order valence-electron chi connectivity index (χ1n) is 11.2. The molecule has 1 aliphatic heterocycles. The third kappa shape index (κ3) is 5.05. The van der Waals surface area contributed by atoms with Gasteiger partial charge in [0.15, 0.2) is 0 Å². The summed E-state index contributed by atoms with van der Waals surface area (Å²) in [6.07, 6.45) is 0. The highest BCUT2D eigenvalue weighted by molar-refractivity contribution is 6.46. The van der Waals surface area contributed by atoms with Gasteiger partial charge in [-0.05, 0) is 60.0 Å². The van der Waals surface area contributed by atoms with E-state index in [9.17, 15) is 19.8 Å². The number of phenolic OH excluding ortho intramolecular Hbond substituents is 1. The zero-order chi connectivity index (χ0) is 24.9. The average Bonchev–Trinajstić information content (AvgIpc) is 3.12. The van der Waals surface area contributed by atoms with E-state index in [4.69, 9.17) is 9.47 Å². The lowest BCUT2D eigenvalue weighted by Gasteiger charge is -2.25. The monoisotopic (exact) mass is 473 g/mol. The number of methoxy groups -OCH3 is 1. The molecule has 3 aromatic carbocycles. The largest absolute Gasteiger partial charge is 0.508 e. The van der Waals surface area contributed by atoms with Gasteiger partial charge in [-0.25, -0.2) is 0 Å². The molecule has 1 atom stereocenters. The summed E-state index contributed by atoms with van der Waals surface area (Å²) >= 11 is 0. The number of carbonyl (C=O) groups is 2. The van der Waals surface area contributed by atoms with E-state index in [0.717, 1.165) is 11.1 Å². The van der Waals surface area contributed by atoms with Gasteiger partial charge in [0.25, 0.3) is 11.7 Å². The SMILES string of the molecule is COCCN1C(=O)C(=O)C(=C(O)c2ccc(OCc3ccccc3C)cc2)C1c1cccc(O)c1. The molecule has 1 saturated heterocycles. The maximum atomic E-state index is 13.0. The molecule has 0 bridgehead atoms. The van der Waals surface area contributed by atoms with Crippen molar-refractivity contribution >= 4 is 17.4 Å². The predicted octanol–water partition coefficient (Wildman–Crippen LogP) is 4.35. The van der Waals surface area contributed by atoms with E-state index < -0.39 is 17.7 Å². The van der Waals surface area contributed by atoms with Gasteiger partial charge in [-0.15, -0.1) is 0 Å². The highest BCUT2D eigenvalue weighted by atomic mass is 16.5. The number of ketones is 1. The second-order valence-electron chi connectivity index (χ2n) is 8.32. The zero-order valence-electron chi connectivity index (χ0n) is 19.6. The van der Waals surface area contributed by atoms with Crippen LogP contribution in [0.25, 0.3) is 5.76 Å². The number of benzene rings is 3. The summed E-state index contributed by atoms with van der Waals surface area (Å²) in [4.78, 5) is 27.2. The lowest BCUT2D eigenvalue weighted by atomic mass is 9.95. The molecule has 2 N–H and O–H groups in total. The third-order valence-corrected chi connectivity index (χ3v) is 6.05. The van der Waals surface area contributed by atoms with Crippen LogP contribution in [0.15, 0.2) is 78.4 Å². The maximum absolute atomic E-state index is 13.0. The van der Waals surface area contributed by atoms with E-state index in [1.54, 1.807) is 36.4 Å². The van der Waals surface area contributed by atoms with Crippen LogP contribution in [-0.4, -0.2) is 47.1 Å². The number of Topliss-reactive ketones (excluding diaryl/α,β-unsaturated/α-hetero) is 1. The van der Waals surface area contributed by atoms with E-state index >= 15 is 0 Å². The zero-order valence-corrected chi connectivity index (χ0v) is 19.6. The minimum Gasteiger partial charge on any atom is -0.508 e. The summed E-state index contributed by atoms with van der Waals surface area (Å²) in [5.41, 5.74) is 3.06. The number of amides is 1. The van der Waals surface area contributed by atoms with Crippen molar-refractivity contribution in [3.05, 3.63) is 101 Å².